The maximum absolute atomic E-state index is 12.8. The van der Waals surface area contributed by atoms with Crippen LogP contribution >= 0.6 is 0 Å². The molecule has 5 nitrogen and oxygen atoms in total. The van der Waals surface area contributed by atoms with Crippen LogP contribution < -0.4 is 5.73 Å². The van der Waals surface area contributed by atoms with Gasteiger partial charge in [-0.3, -0.25) is 0 Å². The van der Waals surface area contributed by atoms with Gasteiger partial charge in [0.1, 0.15) is 4.90 Å². The first-order valence-corrected chi connectivity index (χ1v) is 9.41. The summed E-state index contributed by atoms with van der Waals surface area (Å²) < 4.78 is 29.3. The van der Waals surface area contributed by atoms with Crippen molar-refractivity contribution in [1.29, 1.82) is 0 Å². The molecule has 0 atom stereocenters. The monoisotopic (exact) mass is 311 g/mol. The van der Waals surface area contributed by atoms with E-state index in [1.165, 1.54) is 0 Å². The maximum atomic E-state index is 12.8. The zero-order chi connectivity index (χ0) is 15.0. The lowest BCUT2D eigenvalue weighted by Gasteiger charge is -2.30. The molecule has 1 aromatic rings. The van der Waals surface area contributed by atoms with E-state index in [1.54, 1.807) is 16.6 Å². The van der Waals surface area contributed by atoms with Gasteiger partial charge in [0.05, 0.1) is 0 Å². The lowest BCUT2D eigenvalue weighted by atomic mass is 9.96. The van der Waals surface area contributed by atoms with E-state index >= 15 is 0 Å². The van der Waals surface area contributed by atoms with E-state index < -0.39 is 10.0 Å². The van der Waals surface area contributed by atoms with Gasteiger partial charge in [0.15, 0.2) is 0 Å². The van der Waals surface area contributed by atoms with Crippen LogP contribution in [0.25, 0.3) is 0 Å². The first kappa shape index (κ1) is 15.1. The zero-order valence-electron chi connectivity index (χ0n) is 12.7. The minimum absolute atomic E-state index is 0.393. The molecule has 2 heterocycles. The van der Waals surface area contributed by atoms with Crippen LogP contribution in [0.15, 0.2) is 17.2 Å². The van der Waals surface area contributed by atoms with E-state index in [4.69, 9.17) is 5.73 Å². The van der Waals surface area contributed by atoms with Gasteiger partial charge in [-0.15, -0.1) is 0 Å². The van der Waals surface area contributed by atoms with Crippen LogP contribution in [0.5, 0.6) is 0 Å². The second kappa shape index (κ2) is 5.74. The van der Waals surface area contributed by atoms with Crippen molar-refractivity contribution in [1.82, 2.24) is 8.87 Å². The van der Waals surface area contributed by atoms with Crippen molar-refractivity contribution in [2.24, 2.45) is 11.7 Å². The van der Waals surface area contributed by atoms with Crippen molar-refractivity contribution >= 4 is 10.0 Å². The summed E-state index contributed by atoms with van der Waals surface area (Å²) >= 11 is 0. The summed E-state index contributed by atoms with van der Waals surface area (Å²) in [5.41, 5.74) is 6.69. The SMILES string of the molecule is CCC1CCN(S(=O)(=O)c2cc(CN)n(C3CC3)c2)CC1. The summed E-state index contributed by atoms with van der Waals surface area (Å²) in [6.45, 7) is 3.86. The molecule has 2 fully saturated rings. The van der Waals surface area contributed by atoms with Gasteiger partial charge in [0.25, 0.3) is 0 Å². The number of nitrogens with two attached hydrogens (primary N) is 1. The molecule has 3 rings (SSSR count). The summed E-state index contributed by atoms with van der Waals surface area (Å²) in [6, 6.07) is 2.22. The quantitative estimate of drug-likeness (QED) is 0.905. The highest BCUT2D eigenvalue weighted by atomic mass is 32.2. The van der Waals surface area contributed by atoms with Crippen LogP contribution in [-0.2, 0) is 16.6 Å². The fraction of sp³-hybridized carbons (Fsp3) is 0.733. The molecule has 0 unspecified atom stereocenters. The fourth-order valence-electron chi connectivity index (χ4n) is 3.20. The standard InChI is InChI=1S/C15H25N3O2S/c1-2-12-5-7-17(8-6-12)21(19,20)15-9-14(10-16)18(11-15)13-3-4-13/h9,11-13H,2-8,10,16H2,1H3. The van der Waals surface area contributed by atoms with E-state index in [2.05, 4.69) is 11.5 Å². The van der Waals surface area contributed by atoms with Crippen molar-refractivity contribution in [3.63, 3.8) is 0 Å². The predicted octanol–water partition coefficient (Wildman–Crippen LogP) is 2.09. The third kappa shape index (κ3) is 2.89. The summed E-state index contributed by atoms with van der Waals surface area (Å²) in [4.78, 5) is 0.421. The topological polar surface area (TPSA) is 68.3 Å². The maximum Gasteiger partial charge on any atom is 0.244 e. The Bertz CT molecular complexity index is 596. The van der Waals surface area contributed by atoms with Crippen molar-refractivity contribution in [2.45, 2.75) is 56.5 Å². The molecule has 0 amide bonds. The Morgan fingerprint density at radius 1 is 1.24 bits per heavy atom. The third-order valence-corrected chi connectivity index (χ3v) is 6.71. The molecule has 0 aromatic carbocycles. The molecule has 6 heteroatoms. The minimum Gasteiger partial charge on any atom is -0.346 e. The fourth-order valence-corrected chi connectivity index (χ4v) is 4.72. The molecule has 1 aromatic heterocycles. The molecule has 1 saturated heterocycles. The number of hydrogen-bond acceptors (Lipinski definition) is 3. The first-order valence-electron chi connectivity index (χ1n) is 7.97. The summed E-state index contributed by atoms with van der Waals surface area (Å²) in [5.74, 6) is 0.673. The van der Waals surface area contributed by atoms with Crippen molar-refractivity contribution < 1.29 is 8.42 Å². The number of nitrogens with zero attached hydrogens (tertiary/aromatic N) is 2. The normalized spacial score (nSPS) is 21.8. The van der Waals surface area contributed by atoms with Crippen LogP contribution in [0.4, 0.5) is 0 Å². The van der Waals surface area contributed by atoms with Crippen LogP contribution in [0.2, 0.25) is 0 Å². The van der Waals surface area contributed by atoms with Crippen LogP contribution in [0.1, 0.15) is 50.8 Å². The van der Waals surface area contributed by atoms with Crippen molar-refractivity contribution in [2.75, 3.05) is 13.1 Å². The van der Waals surface area contributed by atoms with Crippen molar-refractivity contribution in [3.8, 4) is 0 Å². The highest BCUT2D eigenvalue weighted by Gasteiger charge is 2.32. The Morgan fingerprint density at radius 2 is 1.90 bits per heavy atom. The van der Waals surface area contributed by atoms with E-state index in [9.17, 15) is 8.42 Å². The Balaban J connectivity index is 1.81. The molecule has 118 valence electrons. The third-order valence-electron chi connectivity index (χ3n) is 4.84. The van der Waals surface area contributed by atoms with Gasteiger partial charge in [-0.2, -0.15) is 4.31 Å². The van der Waals surface area contributed by atoms with Gasteiger partial charge in [0.2, 0.25) is 10.0 Å². The second-order valence-electron chi connectivity index (χ2n) is 6.27. The van der Waals surface area contributed by atoms with Gasteiger partial charge >= 0.3 is 0 Å². The Labute approximate surface area is 127 Å². The number of piperidine rings is 1. The minimum atomic E-state index is -3.35. The summed E-state index contributed by atoms with van der Waals surface area (Å²) in [6.07, 6.45) is 7.14. The van der Waals surface area contributed by atoms with Gasteiger partial charge < -0.3 is 10.3 Å². The number of aromatic nitrogens is 1. The number of rotatable bonds is 5. The second-order valence-corrected chi connectivity index (χ2v) is 8.20. The predicted molar refractivity (Wildman–Crippen MR) is 82.4 cm³/mol. The van der Waals surface area contributed by atoms with E-state index in [-0.39, 0.29) is 0 Å². The molecule has 1 saturated carbocycles. The molecule has 1 aliphatic heterocycles. The molecule has 0 radical (unpaired) electrons. The van der Waals surface area contributed by atoms with E-state index in [1.807, 2.05) is 0 Å². The molecular weight excluding hydrogens is 286 g/mol. The Morgan fingerprint density at radius 3 is 2.43 bits per heavy atom. The van der Waals surface area contributed by atoms with Gasteiger partial charge in [-0.05, 0) is 37.7 Å². The Kier molecular flexibility index (Phi) is 4.12. The van der Waals surface area contributed by atoms with Gasteiger partial charge in [-0.1, -0.05) is 13.3 Å². The molecule has 1 aliphatic carbocycles. The van der Waals surface area contributed by atoms with Crippen LogP contribution in [0.3, 0.4) is 0 Å². The highest BCUT2D eigenvalue weighted by Crippen LogP contribution is 2.37. The lowest BCUT2D eigenvalue weighted by molar-refractivity contribution is 0.269. The lowest BCUT2D eigenvalue weighted by Crippen LogP contribution is -2.38. The largest absolute Gasteiger partial charge is 0.346 e. The highest BCUT2D eigenvalue weighted by molar-refractivity contribution is 7.89. The smallest absolute Gasteiger partial charge is 0.244 e. The van der Waals surface area contributed by atoms with Crippen molar-refractivity contribution in [3.05, 3.63) is 18.0 Å². The average molecular weight is 311 g/mol. The zero-order valence-corrected chi connectivity index (χ0v) is 13.5. The van der Waals surface area contributed by atoms with Crippen LogP contribution in [-0.4, -0.2) is 30.4 Å². The summed E-state index contributed by atoms with van der Waals surface area (Å²) in [7, 11) is -3.35. The summed E-state index contributed by atoms with van der Waals surface area (Å²) in [5, 5.41) is 0. The number of sulfonamides is 1. The molecular formula is C15H25N3O2S. The van der Waals surface area contributed by atoms with Crippen LogP contribution in [0, 0.1) is 5.92 Å². The molecule has 21 heavy (non-hydrogen) atoms. The molecule has 2 aliphatic rings. The van der Waals surface area contributed by atoms with Gasteiger partial charge in [-0.25, -0.2) is 8.42 Å². The average Bonchev–Trinajstić information content (AvgIpc) is 3.25. The van der Waals surface area contributed by atoms with Gasteiger partial charge in [0, 0.05) is 37.6 Å². The molecule has 0 spiro atoms. The first-order chi connectivity index (χ1) is 10.1. The van der Waals surface area contributed by atoms with E-state index in [0.29, 0.717) is 36.5 Å². The Hall–Kier alpha value is -0.850. The molecule has 2 N–H and O–H groups in total. The number of hydrogen-bond donors (Lipinski definition) is 1. The molecule has 0 bridgehead atoms. The van der Waals surface area contributed by atoms with E-state index in [0.717, 1.165) is 37.8 Å².